The lowest BCUT2D eigenvalue weighted by Crippen LogP contribution is -2.50. The van der Waals surface area contributed by atoms with E-state index in [-0.39, 0.29) is 12.5 Å². The second-order valence-electron chi connectivity index (χ2n) is 8.28. The minimum atomic E-state index is 0.00791. The molecule has 1 aliphatic rings. The summed E-state index contributed by atoms with van der Waals surface area (Å²) in [6.45, 7) is 4.79. The third kappa shape index (κ3) is 4.65. The second kappa shape index (κ2) is 9.28. The van der Waals surface area contributed by atoms with Gasteiger partial charge in [-0.15, -0.1) is 10.2 Å². The summed E-state index contributed by atoms with van der Waals surface area (Å²) in [4.78, 5) is 16.6. The van der Waals surface area contributed by atoms with Gasteiger partial charge in [0.05, 0.1) is 5.69 Å². The molecule has 6 heteroatoms. The van der Waals surface area contributed by atoms with E-state index >= 15 is 0 Å². The van der Waals surface area contributed by atoms with E-state index in [9.17, 15) is 4.79 Å². The Morgan fingerprint density at radius 2 is 1.67 bits per heavy atom. The molecule has 1 saturated heterocycles. The van der Waals surface area contributed by atoms with Gasteiger partial charge in [-0.2, -0.15) is 0 Å². The molecule has 4 aromatic rings. The smallest absolute Gasteiger partial charge is 0.260 e. The summed E-state index contributed by atoms with van der Waals surface area (Å²) in [5, 5.41) is 11.4. The number of carbonyl (C=O) groups is 1. The molecule has 33 heavy (non-hydrogen) atoms. The maximum absolute atomic E-state index is 12.6. The van der Waals surface area contributed by atoms with Gasteiger partial charge < -0.3 is 14.5 Å². The van der Waals surface area contributed by atoms with Crippen molar-refractivity contribution in [2.45, 2.75) is 6.92 Å². The molecule has 0 atom stereocenters. The van der Waals surface area contributed by atoms with Crippen LogP contribution >= 0.6 is 0 Å². The summed E-state index contributed by atoms with van der Waals surface area (Å²) >= 11 is 0. The van der Waals surface area contributed by atoms with E-state index in [4.69, 9.17) is 4.74 Å². The quantitative estimate of drug-likeness (QED) is 0.464. The molecular formula is C27H26N4O2. The van der Waals surface area contributed by atoms with Crippen molar-refractivity contribution in [2.75, 3.05) is 37.7 Å². The standard InChI is InChI=1S/C27H26N4O2/c1-20-6-4-9-22(18-20)33-19-27(32)31-16-14-30(15-17-31)26-13-12-25(28-29-26)24-11-5-8-21-7-2-3-10-23(21)24/h2-13,18H,14-17,19H2,1H3. The van der Waals surface area contributed by atoms with Gasteiger partial charge in [0.2, 0.25) is 0 Å². The SMILES string of the molecule is Cc1cccc(OCC(=O)N2CCN(c3ccc(-c4cccc5ccccc45)nn3)CC2)c1. The van der Waals surface area contributed by atoms with Crippen molar-refractivity contribution in [3.05, 3.63) is 84.4 Å². The Hall–Kier alpha value is -3.93. The number of hydrogen-bond donors (Lipinski definition) is 0. The number of anilines is 1. The van der Waals surface area contributed by atoms with Crippen molar-refractivity contribution in [1.82, 2.24) is 15.1 Å². The van der Waals surface area contributed by atoms with Crippen molar-refractivity contribution in [1.29, 1.82) is 0 Å². The number of benzene rings is 3. The molecule has 1 fully saturated rings. The average Bonchev–Trinajstić information content (AvgIpc) is 2.87. The van der Waals surface area contributed by atoms with E-state index in [1.54, 1.807) is 0 Å². The molecule has 0 N–H and O–H groups in total. The Kier molecular flexibility index (Phi) is 5.89. The molecule has 0 spiro atoms. The highest BCUT2D eigenvalue weighted by Crippen LogP contribution is 2.27. The van der Waals surface area contributed by atoms with E-state index in [0.29, 0.717) is 13.1 Å². The lowest BCUT2D eigenvalue weighted by Gasteiger charge is -2.35. The fraction of sp³-hybridized carbons (Fsp3) is 0.222. The van der Waals surface area contributed by atoms with E-state index in [1.165, 1.54) is 10.8 Å². The maximum Gasteiger partial charge on any atom is 0.260 e. The van der Waals surface area contributed by atoms with Gasteiger partial charge in [-0.3, -0.25) is 4.79 Å². The lowest BCUT2D eigenvalue weighted by molar-refractivity contribution is -0.133. The number of hydrogen-bond acceptors (Lipinski definition) is 5. The monoisotopic (exact) mass is 438 g/mol. The Balaban J connectivity index is 1.19. The van der Waals surface area contributed by atoms with Crippen LogP contribution in [0.3, 0.4) is 0 Å². The lowest BCUT2D eigenvalue weighted by atomic mass is 10.0. The first-order chi connectivity index (χ1) is 16.2. The Morgan fingerprint density at radius 1 is 0.879 bits per heavy atom. The van der Waals surface area contributed by atoms with E-state index in [0.717, 1.165) is 41.5 Å². The number of ether oxygens (including phenoxy) is 1. The highest BCUT2D eigenvalue weighted by atomic mass is 16.5. The maximum atomic E-state index is 12.6. The molecule has 0 bridgehead atoms. The molecular weight excluding hydrogens is 412 g/mol. The Morgan fingerprint density at radius 3 is 2.45 bits per heavy atom. The van der Waals surface area contributed by atoms with Crippen LogP contribution in [0.4, 0.5) is 5.82 Å². The fourth-order valence-electron chi connectivity index (χ4n) is 4.21. The molecule has 1 aromatic heterocycles. The number of carbonyl (C=O) groups excluding carboxylic acids is 1. The summed E-state index contributed by atoms with van der Waals surface area (Å²) < 4.78 is 5.67. The number of piperazine rings is 1. The number of aromatic nitrogens is 2. The number of amides is 1. The van der Waals surface area contributed by atoms with E-state index in [1.807, 2.05) is 66.4 Å². The van der Waals surface area contributed by atoms with E-state index in [2.05, 4.69) is 39.4 Å². The molecule has 0 aliphatic carbocycles. The van der Waals surface area contributed by atoms with Crippen LogP contribution in [-0.4, -0.2) is 53.8 Å². The number of fused-ring (bicyclic) bond motifs is 1. The zero-order valence-corrected chi connectivity index (χ0v) is 18.6. The highest BCUT2D eigenvalue weighted by Gasteiger charge is 2.22. The molecule has 5 rings (SSSR count). The Bertz CT molecular complexity index is 1260. The second-order valence-corrected chi connectivity index (χ2v) is 8.28. The largest absolute Gasteiger partial charge is 0.484 e. The van der Waals surface area contributed by atoms with Crippen LogP contribution < -0.4 is 9.64 Å². The summed E-state index contributed by atoms with van der Waals surface area (Å²) in [6.07, 6.45) is 0. The van der Waals surface area contributed by atoms with Gasteiger partial charge in [0.15, 0.2) is 12.4 Å². The van der Waals surface area contributed by atoms with Crippen LogP contribution in [0.15, 0.2) is 78.9 Å². The normalized spacial score (nSPS) is 13.8. The molecule has 0 radical (unpaired) electrons. The zero-order chi connectivity index (χ0) is 22.6. The predicted octanol–water partition coefficient (Wildman–Crippen LogP) is 4.33. The van der Waals surface area contributed by atoms with Crippen LogP contribution in [0.25, 0.3) is 22.0 Å². The highest BCUT2D eigenvalue weighted by molar-refractivity contribution is 5.95. The zero-order valence-electron chi connectivity index (χ0n) is 18.6. The molecule has 3 aromatic carbocycles. The van der Waals surface area contributed by atoms with Crippen LogP contribution in [0.5, 0.6) is 5.75 Å². The Labute approximate surface area is 193 Å². The van der Waals surface area contributed by atoms with Crippen LogP contribution in [0.1, 0.15) is 5.56 Å². The van der Waals surface area contributed by atoms with Gasteiger partial charge in [-0.1, -0.05) is 54.6 Å². The third-order valence-corrected chi connectivity index (χ3v) is 6.02. The molecule has 6 nitrogen and oxygen atoms in total. The van der Waals surface area contributed by atoms with Crippen molar-refractivity contribution < 1.29 is 9.53 Å². The minimum Gasteiger partial charge on any atom is -0.484 e. The predicted molar refractivity (Wildman–Crippen MR) is 130 cm³/mol. The van der Waals surface area contributed by atoms with Gasteiger partial charge in [0, 0.05) is 31.7 Å². The average molecular weight is 439 g/mol. The molecule has 1 aliphatic heterocycles. The molecule has 0 saturated carbocycles. The topological polar surface area (TPSA) is 58.6 Å². The van der Waals surface area contributed by atoms with E-state index < -0.39 is 0 Å². The minimum absolute atomic E-state index is 0.00791. The summed E-state index contributed by atoms with van der Waals surface area (Å²) in [7, 11) is 0. The first kappa shape index (κ1) is 20.9. The van der Waals surface area contributed by atoms with Crippen LogP contribution in [-0.2, 0) is 4.79 Å². The molecule has 1 amide bonds. The van der Waals surface area contributed by atoms with Crippen molar-refractivity contribution >= 4 is 22.5 Å². The van der Waals surface area contributed by atoms with Gasteiger partial charge in [0.25, 0.3) is 5.91 Å². The summed E-state index contributed by atoms with van der Waals surface area (Å²) in [5.74, 6) is 1.57. The van der Waals surface area contributed by atoms with Gasteiger partial charge in [-0.25, -0.2) is 0 Å². The van der Waals surface area contributed by atoms with Crippen LogP contribution in [0, 0.1) is 6.92 Å². The van der Waals surface area contributed by atoms with Gasteiger partial charge >= 0.3 is 0 Å². The first-order valence-electron chi connectivity index (χ1n) is 11.2. The van der Waals surface area contributed by atoms with Crippen molar-refractivity contribution in [3.8, 4) is 17.0 Å². The molecule has 2 heterocycles. The summed E-state index contributed by atoms with van der Waals surface area (Å²) in [5.41, 5.74) is 3.05. The van der Waals surface area contributed by atoms with Gasteiger partial charge in [-0.05, 0) is 47.5 Å². The summed E-state index contributed by atoms with van der Waals surface area (Å²) in [6, 6.07) is 26.3. The number of aryl methyl sites for hydroxylation is 1. The fourth-order valence-corrected chi connectivity index (χ4v) is 4.21. The van der Waals surface area contributed by atoms with Crippen LogP contribution in [0.2, 0.25) is 0 Å². The van der Waals surface area contributed by atoms with Crippen molar-refractivity contribution in [2.24, 2.45) is 0 Å². The molecule has 166 valence electrons. The molecule has 0 unspecified atom stereocenters. The van der Waals surface area contributed by atoms with Crippen molar-refractivity contribution in [3.63, 3.8) is 0 Å². The number of nitrogens with zero attached hydrogens (tertiary/aromatic N) is 4. The third-order valence-electron chi connectivity index (χ3n) is 6.02. The number of rotatable bonds is 5. The first-order valence-corrected chi connectivity index (χ1v) is 11.2. The van der Waals surface area contributed by atoms with Gasteiger partial charge in [0.1, 0.15) is 5.75 Å².